The Balaban J connectivity index is 1.74. The van der Waals surface area contributed by atoms with Gasteiger partial charge in [0.25, 0.3) is 0 Å². The summed E-state index contributed by atoms with van der Waals surface area (Å²) in [5, 5.41) is 7.48. The van der Waals surface area contributed by atoms with Crippen molar-refractivity contribution in [1.82, 2.24) is 9.99 Å². The average molecular weight is 514 g/mol. The number of amides is 1. The maximum atomic E-state index is 12.7. The van der Waals surface area contributed by atoms with Crippen LogP contribution in [0.3, 0.4) is 0 Å². The summed E-state index contributed by atoms with van der Waals surface area (Å²) in [6.07, 6.45) is 0.571. The predicted molar refractivity (Wildman–Crippen MR) is 139 cm³/mol. The molecule has 1 amide bonds. The highest BCUT2D eigenvalue weighted by Crippen LogP contribution is 2.41. The SMILES string of the molecule is COc1ccccc1[C@@H]1CC(c2c(C)nc3ccc(Br)cc3c2-c2ccccc2)=NN1C(C)=O. The summed E-state index contributed by atoms with van der Waals surface area (Å²) in [7, 11) is 1.65. The number of carbonyl (C=O) groups is 1. The Labute approximate surface area is 207 Å². The predicted octanol–water partition coefficient (Wildman–Crippen LogP) is 6.68. The zero-order valence-electron chi connectivity index (χ0n) is 19.2. The number of hydrazone groups is 1. The van der Waals surface area contributed by atoms with Crippen molar-refractivity contribution < 1.29 is 9.53 Å². The Kier molecular flexibility index (Phi) is 5.92. The van der Waals surface area contributed by atoms with Crippen LogP contribution in [-0.4, -0.2) is 28.7 Å². The fourth-order valence-electron chi connectivity index (χ4n) is 4.75. The third kappa shape index (κ3) is 3.88. The normalized spacial score (nSPS) is 15.5. The number of aryl methyl sites for hydroxylation is 1. The number of pyridine rings is 1. The van der Waals surface area contributed by atoms with Crippen LogP contribution in [0.15, 0.2) is 82.4 Å². The summed E-state index contributed by atoms with van der Waals surface area (Å²) >= 11 is 3.63. The van der Waals surface area contributed by atoms with E-state index < -0.39 is 0 Å². The van der Waals surface area contributed by atoms with E-state index in [0.29, 0.717) is 6.42 Å². The fourth-order valence-corrected chi connectivity index (χ4v) is 5.11. The number of hydrogen-bond acceptors (Lipinski definition) is 4. The summed E-state index contributed by atoms with van der Waals surface area (Å²) in [6.45, 7) is 3.57. The number of rotatable bonds is 4. The molecule has 170 valence electrons. The number of halogens is 1. The third-order valence-electron chi connectivity index (χ3n) is 6.21. The van der Waals surface area contributed by atoms with Crippen molar-refractivity contribution in [2.45, 2.75) is 26.3 Å². The minimum Gasteiger partial charge on any atom is -0.496 e. The first-order valence-corrected chi connectivity index (χ1v) is 11.9. The molecule has 0 unspecified atom stereocenters. The van der Waals surface area contributed by atoms with E-state index in [1.54, 1.807) is 19.0 Å². The van der Waals surface area contributed by atoms with Gasteiger partial charge in [-0.15, -0.1) is 0 Å². The monoisotopic (exact) mass is 513 g/mol. The molecule has 0 N–H and O–H groups in total. The largest absolute Gasteiger partial charge is 0.496 e. The van der Waals surface area contributed by atoms with Crippen LogP contribution in [-0.2, 0) is 4.79 Å². The van der Waals surface area contributed by atoms with Crippen LogP contribution in [0.1, 0.15) is 36.2 Å². The molecule has 0 aliphatic carbocycles. The smallest absolute Gasteiger partial charge is 0.240 e. The average Bonchev–Trinajstić information content (AvgIpc) is 3.29. The van der Waals surface area contributed by atoms with E-state index in [0.717, 1.165) is 54.8 Å². The van der Waals surface area contributed by atoms with E-state index >= 15 is 0 Å². The van der Waals surface area contributed by atoms with Gasteiger partial charge >= 0.3 is 0 Å². The van der Waals surface area contributed by atoms with Crippen molar-refractivity contribution >= 4 is 38.5 Å². The number of carbonyl (C=O) groups excluding carboxylic acids is 1. The fraction of sp³-hybridized carbons (Fsp3) is 0.179. The number of methoxy groups -OCH3 is 1. The molecule has 5 nitrogen and oxygen atoms in total. The van der Waals surface area contributed by atoms with Crippen LogP contribution in [0.5, 0.6) is 5.75 Å². The summed E-state index contributed by atoms with van der Waals surface area (Å²) in [4.78, 5) is 17.6. The van der Waals surface area contributed by atoms with Gasteiger partial charge in [-0.1, -0.05) is 64.5 Å². The molecule has 0 bridgehead atoms. The molecule has 0 fully saturated rings. The summed E-state index contributed by atoms with van der Waals surface area (Å²) in [6, 6.07) is 24.0. The van der Waals surface area contributed by atoms with Crippen LogP contribution in [0, 0.1) is 6.92 Å². The molecule has 0 saturated carbocycles. The van der Waals surface area contributed by atoms with Gasteiger partial charge in [0, 0.05) is 45.6 Å². The number of hydrogen-bond donors (Lipinski definition) is 0. The minimum atomic E-state index is -0.245. The van der Waals surface area contributed by atoms with E-state index in [-0.39, 0.29) is 11.9 Å². The lowest BCUT2D eigenvalue weighted by Gasteiger charge is -2.22. The van der Waals surface area contributed by atoms with Crippen molar-refractivity contribution in [3.8, 4) is 16.9 Å². The second-order valence-electron chi connectivity index (χ2n) is 8.35. The van der Waals surface area contributed by atoms with Crippen LogP contribution in [0.25, 0.3) is 22.0 Å². The molecule has 1 aliphatic rings. The number of ether oxygens (including phenoxy) is 1. The van der Waals surface area contributed by atoms with Crippen molar-refractivity contribution in [1.29, 1.82) is 0 Å². The Morgan fingerprint density at radius 1 is 1.03 bits per heavy atom. The number of benzene rings is 3. The first-order chi connectivity index (χ1) is 16.5. The van der Waals surface area contributed by atoms with Crippen molar-refractivity contribution in [3.63, 3.8) is 0 Å². The molecule has 3 aromatic carbocycles. The first-order valence-electron chi connectivity index (χ1n) is 11.1. The minimum absolute atomic E-state index is 0.110. The summed E-state index contributed by atoms with van der Waals surface area (Å²) in [5.74, 6) is 0.636. The number of nitrogens with zero attached hydrogens (tertiary/aromatic N) is 3. The zero-order valence-corrected chi connectivity index (χ0v) is 20.8. The van der Waals surface area contributed by atoms with Gasteiger partial charge in [0.1, 0.15) is 5.75 Å². The van der Waals surface area contributed by atoms with Gasteiger partial charge in [0.2, 0.25) is 5.91 Å². The molecule has 5 rings (SSSR count). The maximum Gasteiger partial charge on any atom is 0.240 e. The van der Waals surface area contributed by atoms with Gasteiger partial charge in [-0.3, -0.25) is 9.78 Å². The highest BCUT2D eigenvalue weighted by atomic mass is 79.9. The maximum absolute atomic E-state index is 12.7. The van der Waals surface area contributed by atoms with Crippen LogP contribution in [0.2, 0.25) is 0 Å². The molecular formula is C28H24BrN3O2. The highest BCUT2D eigenvalue weighted by molar-refractivity contribution is 9.10. The summed E-state index contributed by atoms with van der Waals surface area (Å²) in [5.41, 5.74) is 6.73. The van der Waals surface area contributed by atoms with Crippen molar-refractivity contribution in [2.24, 2.45) is 5.10 Å². The van der Waals surface area contributed by atoms with Crippen molar-refractivity contribution in [3.05, 3.63) is 94.1 Å². The Morgan fingerprint density at radius 2 is 1.76 bits per heavy atom. The molecule has 0 saturated heterocycles. The molecule has 1 atom stereocenters. The molecule has 34 heavy (non-hydrogen) atoms. The highest BCUT2D eigenvalue weighted by Gasteiger charge is 2.35. The van der Waals surface area contributed by atoms with E-state index in [9.17, 15) is 4.79 Å². The third-order valence-corrected chi connectivity index (χ3v) is 6.70. The Bertz CT molecular complexity index is 1430. The molecule has 0 spiro atoms. The van der Waals surface area contributed by atoms with Crippen LogP contribution < -0.4 is 4.74 Å². The van der Waals surface area contributed by atoms with Gasteiger partial charge in [-0.25, -0.2) is 5.01 Å². The molecule has 1 aromatic heterocycles. The topological polar surface area (TPSA) is 54.8 Å². The lowest BCUT2D eigenvalue weighted by Crippen LogP contribution is -2.24. The number of aromatic nitrogens is 1. The molecule has 6 heteroatoms. The van der Waals surface area contributed by atoms with Gasteiger partial charge < -0.3 is 4.74 Å². The van der Waals surface area contributed by atoms with E-state index in [1.165, 1.54) is 0 Å². The Hall–Kier alpha value is -3.51. The van der Waals surface area contributed by atoms with E-state index in [1.807, 2.05) is 61.5 Å². The lowest BCUT2D eigenvalue weighted by atomic mass is 9.89. The lowest BCUT2D eigenvalue weighted by molar-refractivity contribution is -0.130. The molecule has 2 heterocycles. The zero-order chi connectivity index (χ0) is 23.8. The van der Waals surface area contributed by atoms with Gasteiger partial charge in [0.05, 0.1) is 24.4 Å². The van der Waals surface area contributed by atoms with E-state index in [4.69, 9.17) is 14.8 Å². The molecular weight excluding hydrogens is 490 g/mol. The van der Waals surface area contributed by atoms with Crippen LogP contribution in [0.4, 0.5) is 0 Å². The molecule has 1 aliphatic heterocycles. The summed E-state index contributed by atoms with van der Waals surface area (Å²) < 4.78 is 6.59. The van der Waals surface area contributed by atoms with E-state index in [2.05, 4.69) is 34.1 Å². The first kappa shape index (κ1) is 22.3. The van der Waals surface area contributed by atoms with Gasteiger partial charge in [-0.05, 0) is 36.8 Å². The van der Waals surface area contributed by atoms with Gasteiger partial charge in [0.15, 0.2) is 0 Å². The second-order valence-corrected chi connectivity index (χ2v) is 9.26. The van der Waals surface area contributed by atoms with Crippen LogP contribution >= 0.6 is 15.9 Å². The molecule has 4 aromatic rings. The Morgan fingerprint density at radius 3 is 2.50 bits per heavy atom. The molecule has 0 radical (unpaired) electrons. The van der Waals surface area contributed by atoms with Gasteiger partial charge in [-0.2, -0.15) is 5.10 Å². The van der Waals surface area contributed by atoms with Crippen molar-refractivity contribution in [2.75, 3.05) is 7.11 Å². The standard InChI is InChI=1S/C28H24BrN3O2/c1-17-27(24-16-25(32(31-24)18(2)33)21-11-7-8-12-26(21)34-3)28(19-9-5-4-6-10-19)22-15-20(29)13-14-23(22)30-17/h4-15,25H,16H2,1-3H3/t25-/m0/s1. The quantitative estimate of drug-likeness (QED) is 0.305. The number of fused-ring (bicyclic) bond motifs is 1. The second kappa shape index (κ2) is 9.03. The number of para-hydroxylation sites is 1.